The second-order valence-corrected chi connectivity index (χ2v) is 3.56. The highest BCUT2D eigenvalue weighted by atomic mass is 32.1. The third-order valence-corrected chi connectivity index (χ3v) is 2.72. The van der Waals surface area contributed by atoms with E-state index in [1.807, 2.05) is 11.3 Å². The molecule has 0 fully saturated rings. The molecule has 0 bridgehead atoms. The number of rotatable bonds is 1. The highest BCUT2D eigenvalue weighted by molar-refractivity contribution is 7.11. The summed E-state index contributed by atoms with van der Waals surface area (Å²) in [4.78, 5) is 1.39. The van der Waals surface area contributed by atoms with Crippen molar-refractivity contribution in [1.82, 2.24) is 0 Å². The molecule has 1 heteroatoms. The molecule has 1 aliphatic rings. The summed E-state index contributed by atoms with van der Waals surface area (Å²) in [7, 11) is 0. The molecule has 0 amide bonds. The molecule has 0 atom stereocenters. The zero-order valence-corrected chi connectivity index (χ0v) is 7.10. The minimum absolute atomic E-state index is 1.20. The third-order valence-electron chi connectivity index (χ3n) is 1.80. The first-order valence-electron chi connectivity index (χ1n) is 3.87. The lowest BCUT2D eigenvalue weighted by molar-refractivity contribution is 1.04. The van der Waals surface area contributed by atoms with Gasteiger partial charge in [-0.15, -0.1) is 11.3 Å². The fraction of sp³-hybridized carbons (Fsp3) is 0.200. The van der Waals surface area contributed by atoms with Crippen LogP contribution in [-0.4, -0.2) is 0 Å². The summed E-state index contributed by atoms with van der Waals surface area (Å²) in [5.41, 5.74) is 1.39. The second-order valence-electron chi connectivity index (χ2n) is 2.62. The molecule has 0 radical (unpaired) electrons. The molecule has 1 aromatic heterocycles. The van der Waals surface area contributed by atoms with Gasteiger partial charge in [0.2, 0.25) is 0 Å². The van der Waals surface area contributed by atoms with Gasteiger partial charge in [-0.05, 0) is 29.9 Å². The van der Waals surface area contributed by atoms with Gasteiger partial charge in [-0.25, -0.2) is 0 Å². The van der Waals surface area contributed by atoms with Crippen LogP contribution in [0.15, 0.2) is 35.7 Å². The van der Waals surface area contributed by atoms with E-state index in [0.717, 1.165) is 0 Å². The van der Waals surface area contributed by atoms with Gasteiger partial charge in [0.25, 0.3) is 0 Å². The van der Waals surface area contributed by atoms with Crippen LogP contribution in [0.1, 0.15) is 17.7 Å². The molecule has 2 rings (SSSR count). The van der Waals surface area contributed by atoms with Gasteiger partial charge in [-0.1, -0.05) is 24.3 Å². The molecule has 0 aliphatic heterocycles. The summed E-state index contributed by atoms with van der Waals surface area (Å²) in [6.45, 7) is 0. The Balaban J connectivity index is 2.29. The topological polar surface area (TPSA) is 0 Å². The first-order valence-corrected chi connectivity index (χ1v) is 4.75. The monoisotopic (exact) mass is 162 g/mol. The van der Waals surface area contributed by atoms with E-state index < -0.39 is 0 Å². The van der Waals surface area contributed by atoms with E-state index in [2.05, 4.69) is 35.7 Å². The molecule has 11 heavy (non-hydrogen) atoms. The van der Waals surface area contributed by atoms with Crippen molar-refractivity contribution in [2.75, 3.05) is 0 Å². The third kappa shape index (κ3) is 1.43. The van der Waals surface area contributed by atoms with Gasteiger partial charge in [-0.2, -0.15) is 0 Å². The average Bonchev–Trinajstić information content (AvgIpc) is 2.58. The van der Waals surface area contributed by atoms with Gasteiger partial charge in [0, 0.05) is 4.88 Å². The van der Waals surface area contributed by atoms with Crippen LogP contribution in [0.3, 0.4) is 0 Å². The molecular weight excluding hydrogens is 152 g/mol. The number of thiophene rings is 1. The fourth-order valence-corrected chi connectivity index (χ4v) is 1.99. The summed E-state index contributed by atoms with van der Waals surface area (Å²) < 4.78 is 0. The van der Waals surface area contributed by atoms with Crippen molar-refractivity contribution in [2.24, 2.45) is 0 Å². The van der Waals surface area contributed by atoms with Gasteiger partial charge in [0.1, 0.15) is 0 Å². The Labute approximate surface area is 70.9 Å². The Kier molecular flexibility index (Phi) is 1.91. The predicted molar refractivity (Wildman–Crippen MR) is 50.7 cm³/mol. The van der Waals surface area contributed by atoms with Crippen LogP contribution in [0.25, 0.3) is 5.57 Å². The molecule has 0 nitrogen and oxygen atoms in total. The number of allylic oxidation sites excluding steroid dienone is 4. The van der Waals surface area contributed by atoms with Gasteiger partial charge in [0.15, 0.2) is 0 Å². The summed E-state index contributed by atoms with van der Waals surface area (Å²) in [6, 6.07) is 4.27. The van der Waals surface area contributed by atoms with E-state index in [1.54, 1.807) is 0 Å². The normalized spacial score (nSPS) is 16.5. The first-order chi connectivity index (χ1) is 5.47. The first kappa shape index (κ1) is 6.86. The van der Waals surface area contributed by atoms with E-state index in [4.69, 9.17) is 0 Å². The van der Waals surface area contributed by atoms with E-state index in [-0.39, 0.29) is 0 Å². The molecule has 56 valence electrons. The Morgan fingerprint density at radius 2 is 2.27 bits per heavy atom. The lowest BCUT2D eigenvalue weighted by Gasteiger charge is -2.02. The molecule has 0 saturated heterocycles. The maximum atomic E-state index is 2.31. The van der Waals surface area contributed by atoms with Crippen molar-refractivity contribution in [3.8, 4) is 0 Å². The minimum atomic E-state index is 1.20. The Bertz CT molecular complexity index is 278. The smallest absolute Gasteiger partial charge is 0.0339 e. The molecule has 0 spiro atoms. The zero-order chi connectivity index (χ0) is 7.52. The van der Waals surface area contributed by atoms with E-state index in [0.29, 0.717) is 0 Å². The largest absolute Gasteiger partial charge is 0.144 e. The standard InChI is InChI=1S/C10H10S/c1-2-5-9(6-3-1)10-7-4-8-11-10/h2,4-8H,1,3H2. The zero-order valence-electron chi connectivity index (χ0n) is 6.29. The van der Waals surface area contributed by atoms with Gasteiger partial charge >= 0.3 is 0 Å². The van der Waals surface area contributed by atoms with Crippen molar-refractivity contribution < 1.29 is 0 Å². The van der Waals surface area contributed by atoms with Crippen LogP contribution < -0.4 is 0 Å². The van der Waals surface area contributed by atoms with Crippen LogP contribution in [0, 0.1) is 0 Å². The number of hydrogen-bond acceptors (Lipinski definition) is 1. The maximum absolute atomic E-state index is 2.31. The Morgan fingerprint density at radius 3 is 2.91 bits per heavy atom. The van der Waals surface area contributed by atoms with E-state index in [1.165, 1.54) is 23.3 Å². The second kappa shape index (κ2) is 3.05. The van der Waals surface area contributed by atoms with Crippen molar-refractivity contribution in [3.05, 3.63) is 40.6 Å². The molecule has 0 unspecified atom stereocenters. The summed E-state index contributed by atoms with van der Waals surface area (Å²) in [6.07, 6.45) is 9.18. The molecule has 1 aromatic rings. The highest BCUT2D eigenvalue weighted by Crippen LogP contribution is 2.24. The van der Waals surface area contributed by atoms with Gasteiger partial charge in [0.05, 0.1) is 0 Å². The van der Waals surface area contributed by atoms with Crippen LogP contribution in [0.4, 0.5) is 0 Å². The summed E-state index contributed by atoms with van der Waals surface area (Å²) >= 11 is 1.81. The molecular formula is C10H10S. The number of hydrogen-bond donors (Lipinski definition) is 0. The average molecular weight is 162 g/mol. The van der Waals surface area contributed by atoms with Crippen molar-refractivity contribution in [1.29, 1.82) is 0 Å². The van der Waals surface area contributed by atoms with Crippen LogP contribution in [0.5, 0.6) is 0 Å². The van der Waals surface area contributed by atoms with Crippen molar-refractivity contribution in [3.63, 3.8) is 0 Å². The van der Waals surface area contributed by atoms with Crippen LogP contribution in [0.2, 0.25) is 0 Å². The highest BCUT2D eigenvalue weighted by Gasteiger charge is 2.00. The molecule has 0 N–H and O–H groups in total. The van der Waals surface area contributed by atoms with E-state index >= 15 is 0 Å². The summed E-state index contributed by atoms with van der Waals surface area (Å²) in [5, 5.41) is 2.12. The molecule has 1 aliphatic carbocycles. The maximum Gasteiger partial charge on any atom is 0.0339 e. The van der Waals surface area contributed by atoms with Crippen LogP contribution >= 0.6 is 11.3 Å². The Morgan fingerprint density at radius 1 is 1.27 bits per heavy atom. The molecule has 0 saturated carbocycles. The Hall–Kier alpha value is -0.820. The predicted octanol–water partition coefficient (Wildman–Crippen LogP) is 3.48. The lowest BCUT2D eigenvalue weighted by Crippen LogP contribution is -1.80. The van der Waals surface area contributed by atoms with E-state index in [9.17, 15) is 0 Å². The van der Waals surface area contributed by atoms with Gasteiger partial charge in [-0.3, -0.25) is 0 Å². The summed E-state index contributed by atoms with van der Waals surface area (Å²) in [5.74, 6) is 0. The molecule has 1 heterocycles. The molecule has 0 aromatic carbocycles. The van der Waals surface area contributed by atoms with Gasteiger partial charge < -0.3 is 0 Å². The van der Waals surface area contributed by atoms with Crippen molar-refractivity contribution in [2.45, 2.75) is 12.8 Å². The minimum Gasteiger partial charge on any atom is -0.144 e. The lowest BCUT2D eigenvalue weighted by atomic mass is 10.1. The van der Waals surface area contributed by atoms with Crippen LogP contribution in [-0.2, 0) is 0 Å². The SMILES string of the molecule is C1=CC(c2cccs2)=CCC1. The fourth-order valence-electron chi connectivity index (χ4n) is 1.24. The van der Waals surface area contributed by atoms with Crippen molar-refractivity contribution >= 4 is 16.9 Å². The quantitative estimate of drug-likeness (QED) is 0.593.